The number of hydrogen-bond acceptors (Lipinski definition) is 4. The molecule has 0 saturated heterocycles. The van der Waals surface area contributed by atoms with Gasteiger partial charge in [-0.1, -0.05) is 0 Å². The molecular formula is C10H22O4. The van der Waals surface area contributed by atoms with Gasteiger partial charge < -0.3 is 0 Å². The fraction of sp³-hybridized carbons (Fsp3) is 1.00. The lowest BCUT2D eigenvalue weighted by Crippen LogP contribution is -2.33. The standard InChI is InChI=1S/C10H22O4/c1-8(12-11)7-10(5,6)14-13-9(2,3)4/h8,11H,7H2,1-6H3. The van der Waals surface area contributed by atoms with E-state index in [1.807, 2.05) is 34.6 Å². The third-order valence-corrected chi connectivity index (χ3v) is 1.48. The zero-order valence-electron chi connectivity index (χ0n) is 9.96. The van der Waals surface area contributed by atoms with Gasteiger partial charge in [-0.25, -0.2) is 14.7 Å². The molecule has 0 fully saturated rings. The van der Waals surface area contributed by atoms with Crippen molar-refractivity contribution in [2.45, 2.75) is 65.3 Å². The highest BCUT2D eigenvalue weighted by Gasteiger charge is 2.26. The van der Waals surface area contributed by atoms with Crippen LogP contribution in [0.2, 0.25) is 0 Å². The third-order valence-electron chi connectivity index (χ3n) is 1.48. The van der Waals surface area contributed by atoms with E-state index in [0.29, 0.717) is 6.42 Å². The minimum Gasteiger partial charge on any atom is -0.252 e. The lowest BCUT2D eigenvalue weighted by molar-refractivity contribution is -0.404. The first-order valence-corrected chi connectivity index (χ1v) is 4.83. The molecule has 0 spiro atoms. The molecule has 0 aromatic rings. The van der Waals surface area contributed by atoms with Gasteiger partial charge in [-0.15, -0.1) is 0 Å². The highest BCUT2D eigenvalue weighted by atomic mass is 17.2. The minimum absolute atomic E-state index is 0.270. The molecule has 1 atom stereocenters. The summed E-state index contributed by atoms with van der Waals surface area (Å²) in [4.78, 5) is 14.7. The van der Waals surface area contributed by atoms with Crippen LogP contribution in [-0.2, 0) is 14.7 Å². The summed E-state index contributed by atoms with van der Waals surface area (Å²) in [5.74, 6) is 0. The van der Waals surface area contributed by atoms with Crippen molar-refractivity contribution in [1.82, 2.24) is 0 Å². The molecule has 86 valence electrons. The van der Waals surface area contributed by atoms with Crippen molar-refractivity contribution >= 4 is 0 Å². The Morgan fingerprint density at radius 2 is 1.57 bits per heavy atom. The van der Waals surface area contributed by atoms with Crippen LogP contribution in [0.4, 0.5) is 0 Å². The molecule has 1 N–H and O–H groups in total. The molecule has 0 aliphatic heterocycles. The molecule has 1 unspecified atom stereocenters. The first-order valence-electron chi connectivity index (χ1n) is 4.83. The summed E-state index contributed by atoms with van der Waals surface area (Å²) in [6.45, 7) is 11.3. The van der Waals surface area contributed by atoms with Crippen molar-refractivity contribution in [2.24, 2.45) is 0 Å². The minimum atomic E-state index is -0.477. The van der Waals surface area contributed by atoms with Gasteiger partial charge in [0.05, 0.1) is 11.7 Å². The van der Waals surface area contributed by atoms with Crippen LogP contribution in [0.15, 0.2) is 0 Å². The van der Waals surface area contributed by atoms with Gasteiger partial charge in [0, 0.05) is 6.42 Å². The van der Waals surface area contributed by atoms with E-state index in [1.165, 1.54) is 0 Å². The van der Waals surface area contributed by atoms with E-state index in [4.69, 9.17) is 15.0 Å². The molecule has 0 aromatic heterocycles. The largest absolute Gasteiger partial charge is 0.252 e. The first kappa shape index (κ1) is 13.8. The Labute approximate surface area is 86.0 Å². The van der Waals surface area contributed by atoms with Crippen LogP contribution in [0.3, 0.4) is 0 Å². The maximum Gasteiger partial charge on any atom is 0.101 e. The average Bonchev–Trinajstić information content (AvgIpc) is 1.99. The lowest BCUT2D eigenvalue weighted by atomic mass is 10.0. The van der Waals surface area contributed by atoms with E-state index in [-0.39, 0.29) is 11.7 Å². The second-order valence-corrected chi connectivity index (χ2v) is 5.16. The van der Waals surface area contributed by atoms with E-state index in [1.54, 1.807) is 6.92 Å². The Bertz CT molecular complexity index is 160. The number of hydrogen-bond donors (Lipinski definition) is 1. The SMILES string of the molecule is CC(CC(C)(C)OOC(C)(C)C)OO. The van der Waals surface area contributed by atoms with Gasteiger partial charge >= 0.3 is 0 Å². The summed E-state index contributed by atoms with van der Waals surface area (Å²) in [6.07, 6.45) is 0.285. The van der Waals surface area contributed by atoms with Crippen LogP contribution in [0, 0.1) is 0 Å². The molecular weight excluding hydrogens is 184 g/mol. The summed E-state index contributed by atoms with van der Waals surface area (Å²) in [7, 11) is 0. The van der Waals surface area contributed by atoms with Crippen molar-refractivity contribution in [1.29, 1.82) is 0 Å². The van der Waals surface area contributed by atoms with Gasteiger partial charge in [-0.3, -0.25) is 5.26 Å². The van der Waals surface area contributed by atoms with Crippen LogP contribution in [-0.4, -0.2) is 22.6 Å². The summed E-state index contributed by atoms with van der Waals surface area (Å²) in [5, 5.41) is 8.43. The second-order valence-electron chi connectivity index (χ2n) is 5.16. The Morgan fingerprint density at radius 3 is 1.93 bits per heavy atom. The highest BCUT2D eigenvalue weighted by molar-refractivity contribution is 4.70. The van der Waals surface area contributed by atoms with Crippen LogP contribution in [0.1, 0.15) is 48.0 Å². The van der Waals surface area contributed by atoms with E-state index in [9.17, 15) is 0 Å². The van der Waals surface area contributed by atoms with Gasteiger partial charge in [0.2, 0.25) is 0 Å². The fourth-order valence-corrected chi connectivity index (χ4v) is 1.00. The quantitative estimate of drug-likeness (QED) is 0.555. The Kier molecular flexibility index (Phi) is 5.01. The predicted molar refractivity (Wildman–Crippen MR) is 53.8 cm³/mol. The lowest BCUT2D eigenvalue weighted by Gasteiger charge is -2.29. The summed E-state index contributed by atoms with van der Waals surface area (Å²) in [6, 6.07) is 0. The zero-order chi connectivity index (χ0) is 11.4. The van der Waals surface area contributed by atoms with E-state index in [0.717, 1.165) is 0 Å². The molecule has 0 aliphatic carbocycles. The Balaban J connectivity index is 3.95. The normalized spacial score (nSPS) is 15.6. The van der Waals surface area contributed by atoms with Crippen molar-refractivity contribution in [3.05, 3.63) is 0 Å². The van der Waals surface area contributed by atoms with E-state index < -0.39 is 5.60 Å². The van der Waals surface area contributed by atoms with Gasteiger partial charge in [0.15, 0.2) is 0 Å². The van der Waals surface area contributed by atoms with Crippen molar-refractivity contribution < 1.29 is 19.9 Å². The van der Waals surface area contributed by atoms with Crippen LogP contribution >= 0.6 is 0 Å². The molecule has 0 aromatic carbocycles. The van der Waals surface area contributed by atoms with E-state index >= 15 is 0 Å². The van der Waals surface area contributed by atoms with Crippen molar-refractivity contribution in [2.75, 3.05) is 0 Å². The third kappa shape index (κ3) is 7.26. The molecule has 0 radical (unpaired) electrons. The Hall–Kier alpha value is -0.160. The molecule has 14 heavy (non-hydrogen) atoms. The maximum atomic E-state index is 8.43. The predicted octanol–water partition coefficient (Wildman–Crippen LogP) is 2.78. The summed E-state index contributed by atoms with van der Waals surface area (Å²) < 4.78 is 0. The van der Waals surface area contributed by atoms with Crippen molar-refractivity contribution in [3.8, 4) is 0 Å². The molecule has 0 saturated carbocycles. The van der Waals surface area contributed by atoms with Crippen molar-refractivity contribution in [3.63, 3.8) is 0 Å². The molecule has 0 heterocycles. The van der Waals surface area contributed by atoms with Crippen LogP contribution in [0.25, 0.3) is 0 Å². The molecule has 0 amide bonds. The molecule has 0 rings (SSSR count). The van der Waals surface area contributed by atoms with Crippen LogP contribution in [0.5, 0.6) is 0 Å². The van der Waals surface area contributed by atoms with Gasteiger partial charge in [-0.2, -0.15) is 0 Å². The Morgan fingerprint density at radius 1 is 1.07 bits per heavy atom. The second kappa shape index (κ2) is 5.07. The maximum absolute atomic E-state index is 8.43. The topological polar surface area (TPSA) is 47.9 Å². The van der Waals surface area contributed by atoms with Crippen LogP contribution < -0.4 is 0 Å². The highest BCUT2D eigenvalue weighted by Crippen LogP contribution is 2.21. The average molecular weight is 206 g/mol. The van der Waals surface area contributed by atoms with Gasteiger partial charge in [-0.05, 0) is 41.5 Å². The molecule has 0 aliphatic rings. The van der Waals surface area contributed by atoms with E-state index in [2.05, 4.69) is 4.89 Å². The molecule has 0 bridgehead atoms. The molecule has 4 heteroatoms. The van der Waals surface area contributed by atoms with Gasteiger partial charge in [0.1, 0.15) is 5.60 Å². The fourth-order valence-electron chi connectivity index (χ4n) is 1.00. The zero-order valence-corrected chi connectivity index (χ0v) is 9.96. The summed E-state index contributed by atoms with van der Waals surface area (Å²) >= 11 is 0. The monoisotopic (exact) mass is 206 g/mol. The summed E-state index contributed by atoms with van der Waals surface area (Å²) in [5.41, 5.74) is -0.810. The number of rotatable bonds is 5. The smallest absolute Gasteiger partial charge is 0.101 e. The van der Waals surface area contributed by atoms with Gasteiger partial charge in [0.25, 0.3) is 0 Å². The molecule has 4 nitrogen and oxygen atoms in total. The first-order chi connectivity index (χ1) is 6.16.